The van der Waals surface area contributed by atoms with Crippen LogP contribution in [-0.2, 0) is 45.0 Å². The van der Waals surface area contributed by atoms with Gasteiger partial charge in [-0.25, -0.2) is 0 Å². The van der Waals surface area contributed by atoms with Crippen LogP contribution in [0, 0.1) is 0 Å². The number of carbonyl (C=O) groups excluding carboxylic acids is 2. The molecule has 3 heterocycles. The summed E-state index contributed by atoms with van der Waals surface area (Å²) in [5, 5.41) is 0. The molecule has 0 aliphatic carbocycles. The number of esters is 2. The van der Waals surface area contributed by atoms with Crippen molar-refractivity contribution in [3.63, 3.8) is 0 Å². The summed E-state index contributed by atoms with van der Waals surface area (Å²) in [5.74, 6) is 1.08. The van der Waals surface area contributed by atoms with Gasteiger partial charge < -0.3 is 18.9 Å². The summed E-state index contributed by atoms with van der Waals surface area (Å²) in [6, 6.07) is 11.1. The first-order valence-corrected chi connectivity index (χ1v) is 12.6. The van der Waals surface area contributed by atoms with Gasteiger partial charge in [-0.3, -0.25) is 19.4 Å². The van der Waals surface area contributed by atoms with E-state index in [1.807, 2.05) is 61.8 Å². The van der Waals surface area contributed by atoms with Crippen LogP contribution in [0.5, 0.6) is 11.5 Å². The van der Waals surface area contributed by atoms with Crippen LogP contribution in [-0.4, -0.2) is 59.5 Å². The number of benzene rings is 2. The molecule has 0 amide bonds. The fraction of sp³-hybridized carbons (Fsp3) is 0.500. The Bertz CT molecular complexity index is 1060. The first-order valence-electron chi connectivity index (χ1n) is 12.6. The molecule has 8 nitrogen and oxygen atoms in total. The Hall–Kier alpha value is -3.10. The maximum atomic E-state index is 13.2. The minimum Gasteiger partial charge on any atom is -0.478 e. The van der Waals surface area contributed by atoms with Gasteiger partial charge >= 0.3 is 11.9 Å². The normalized spacial score (nSPS) is 24.6. The summed E-state index contributed by atoms with van der Waals surface area (Å²) in [4.78, 5) is 30.4. The standard InChI is InChI=1S/C28H34N2O6/c1-17(2)35-27(31)23-11-19-5-7-26-22(9-19)14-30(16-34-26)24(28(32)36-18(3)4)12-20-6-8-25-21(10-20)13-29(23)15-33-25/h5-10,17-18,23-24H,11-16H2,1-4H3/t23-,24-/m0/s1. The van der Waals surface area contributed by atoms with E-state index in [9.17, 15) is 9.59 Å². The zero-order valence-electron chi connectivity index (χ0n) is 21.4. The van der Waals surface area contributed by atoms with Crippen molar-refractivity contribution in [3.8, 4) is 11.5 Å². The second kappa shape index (κ2) is 10.1. The molecule has 4 atom stereocenters. The zero-order chi connectivity index (χ0) is 25.4. The van der Waals surface area contributed by atoms with Crippen molar-refractivity contribution in [2.45, 2.75) is 77.9 Å². The maximum absolute atomic E-state index is 13.2. The molecule has 2 unspecified atom stereocenters. The van der Waals surface area contributed by atoms with Crippen LogP contribution in [0.3, 0.4) is 0 Å². The number of rotatable bonds is 4. The predicted molar refractivity (Wildman–Crippen MR) is 132 cm³/mol. The Labute approximate surface area is 212 Å². The summed E-state index contributed by atoms with van der Waals surface area (Å²) < 4.78 is 23.4. The lowest BCUT2D eigenvalue weighted by atomic mass is 9.97. The molecule has 6 bridgehead atoms. The third-order valence-corrected chi connectivity index (χ3v) is 6.76. The van der Waals surface area contributed by atoms with Gasteiger partial charge in [0.25, 0.3) is 0 Å². The van der Waals surface area contributed by atoms with E-state index >= 15 is 0 Å². The van der Waals surface area contributed by atoms with Gasteiger partial charge in [0.15, 0.2) is 0 Å². The van der Waals surface area contributed by atoms with Crippen LogP contribution in [0.25, 0.3) is 0 Å². The number of fused-ring (bicyclic) bond motifs is 4. The molecule has 36 heavy (non-hydrogen) atoms. The quantitative estimate of drug-likeness (QED) is 0.599. The molecular formula is C28H34N2O6. The van der Waals surface area contributed by atoms with E-state index in [2.05, 4.69) is 12.1 Å². The van der Waals surface area contributed by atoms with E-state index in [0.29, 0.717) is 39.4 Å². The SMILES string of the molecule is CC(C)OC(=O)[C@@H]1Cc2ccc3c(c2)CN(CO3)[C@H](C(=O)OC(C)C)Cc2ccc3c(c2)CN1CO3. The molecule has 0 spiro atoms. The number of carbonyl (C=O) groups is 2. The summed E-state index contributed by atoms with van der Waals surface area (Å²) in [6.07, 6.45) is 0.554. The molecule has 0 saturated carbocycles. The van der Waals surface area contributed by atoms with E-state index in [0.717, 1.165) is 33.8 Å². The van der Waals surface area contributed by atoms with Crippen molar-refractivity contribution in [2.75, 3.05) is 13.5 Å². The molecule has 3 aliphatic heterocycles. The second-order valence-corrected chi connectivity index (χ2v) is 10.3. The Balaban J connectivity index is 1.56. The summed E-state index contributed by atoms with van der Waals surface area (Å²) in [5.41, 5.74) is 3.98. The number of hydrogen-bond donors (Lipinski definition) is 0. The molecule has 0 fully saturated rings. The summed E-state index contributed by atoms with van der Waals surface area (Å²) >= 11 is 0. The van der Waals surface area contributed by atoms with E-state index in [-0.39, 0.29) is 24.1 Å². The van der Waals surface area contributed by atoms with Gasteiger partial charge in [0.2, 0.25) is 0 Å². The molecule has 8 heteroatoms. The molecule has 3 aliphatic rings. The minimum absolute atomic E-state index is 0.205. The van der Waals surface area contributed by atoms with Crippen LogP contribution in [0.4, 0.5) is 0 Å². The van der Waals surface area contributed by atoms with Gasteiger partial charge in [0, 0.05) is 24.2 Å². The number of hydrogen-bond acceptors (Lipinski definition) is 8. The smallest absolute Gasteiger partial charge is 0.324 e. The van der Waals surface area contributed by atoms with Crippen LogP contribution >= 0.6 is 0 Å². The summed E-state index contributed by atoms with van der Waals surface area (Å²) in [7, 11) is 0. The Morgan fingerprint density at radius 1 is 0.750 bits per heavy atom. The zero-order valence-corrected chi connectivity index (χ0v) is 21.4. The highest BCUT2D eigenvalue weighted by Crippen LogP contribution is 2.33. The molecule has 5 rings (SSSR count). The van der Waals surface area contributed by atoms with Crippen molar-refractivity contribution in [1.29, 1.82) is 0 Å². The number of nitrogens with zero attached hydrogens (tertiary/aromatic N) is 2. The van der Waals surface area contributed by atoms with Gasteiger partial charge in [0.1, 0.15) is 37.0 Å². The average Bonchev–Trinajstić information content (AvgIpc) is 2.83. The molecule has 192 valence electrons. The van der Waals surface area contributed by atoms with Crippen molar-refractivity contribution in [3.05, 3.63) is 58.7 Å². The largest absolute Gasteiger partial charge is 0.478 e. The van der Waals surface area contributed by atoms with E-state index in [1.165, 1.54) is 0 Å². The molecule has 0 saturated heterocycles. The fourth-order valence-electron chi connectivity index (χ4n) is 5.07. The van der Waals surface area contributed by atoms with Crippen LogP contribution in [0.1, 0.15) is 49.9 Å². The number of ether oxygens (including phenoxy) is 4. The third-order valence-electron chi connectivity index (χ3n) is 6.76. The molecule has 2 aromatic carbocycles. The van der Waals surface area contributed by atoms with Gasteiger partial charge in [0.05, 0.1) is 12.2 Å². The fourth-order valence-corrected chi connectivity index (χ4v) is 5.07. The van der Waals surface area contributed by atoms with Crippen molar-refractivity contribution < 1.29 is 28.5 Å². The lowest BCUT2D eigenvalue weighted by molar-refractivity contribution is -0.157. The van der Waals surface area contributed by atoms with Gasteiger partial charge in [-0.2, -0.15) is 0 Å². The Morgan fingerprint density at radius 3 is 1.56 bits per heavy atom. The Morgan fingerprint density at radius 2 is 1.17 bits per heavy atom. The first-order chi connectivity index (χ1) is 17.3. The van der Waals surface area contributed by atoms with E-state index in [4.69, 9.17) is 18.9 Å². The molecule has 0 aromatic heterocycles. The maximum Gasteiger partial charge on any atom is 0.324 e. The van der Waals surface area contributed by atoms with Crippen molar-refractivity contribution >= 4 is 11.9 Å². The highest BCUT2D eigenvalue weighted by Gasteiger charge is 2.35. The van der Waals surface area contributed by atoms with Gasteiger partial charge in [-0.15, -0.1) is 0 Å². The third kappa shape index (κ3) is 5.20. The van der Waals surface area contributed by atoms with E-state index < -0.39 is 12.1 Å². The molecule has 0 radical (unpaired) electrons. The second-order valence-electron chi connectivity index (χ2n) is 10.3. The van der Waals surface area contributed by atoms with Gasteiger partial charge in [-0.1, -0.05) is 24.3 Å². The molecule has 0 N–H and O–H groups in total. The molecular weight excluding hydrogens is 460 g/mol. The van der Waals surface area contributed by atoms with Crippen LogP contribution in [0.2, 0.25) is 0 Å². The predicted octanol–water partition coefficient (Wildman–Crippen LogP) is 3.43. The van der Waals surface area contributed by atoms with E-state index in [1.54, 1.807) is 0 Å². The minimum atomic E-state index is -0.487. The monoisotopic (exact) mass is 494 g/mol. The summed E-state index contributed by atoms with van der Waals surface area (Å²) in [6.45, 7) is 9.16. The highest BCUT2D eigenvalue weighted by atomic mass is 16.6. The van der Waals surface area contributed by atoms with Crippen LogP contribution < -0.4 is 9.47 Å². The first kappa shape index (κ1) is 24.6. The lowest BCUT2D eigenvalue weighted by Crippen LogP contribution is -2.48. The van der Waals surface area contributed by atoms with Crippen molar-refractivity contribution in [2.24, 2.45) is 0 Å². The topological polar surface area (TPSA) is 77.5 Å². The highest BCUT2D eigenvalue weighted by molar-refractivity contribution is 5.77. The lowest BCUT2D eigenvalue weighted by Gasteiger charge is -2.37. The Kier molecular flexibility index (Phi) is 6.90. The van der Waals surface area contributed by atoms with Gasteiger partial charge in [-0.05, 0) is 63.8 Å². The van der Waals surface area contributed by atoms with Crippen LogP contribution in [0.15, 0.2) is 36.4 Å². The molecule has 2 aromatic rings. The average molecular weight is 495 g/mol. The van der Waals surface area contributed by atoms with Crippen molar-refractivity contribution in [1.82, 2.24) is 9.80 Å².